The van der Waals surface area contributed by atoms with E-state index in [9.17, 15) is 0 Å². The van der Waals surface area contributed by atoms with Crippen LogP contribution in [0.5, 0.6) is 0 Å². The molecule has 0 aromatic carbocycles. The highest BCUT2D eigenvalue weighted by Crippen LogP contribution is 2.67. The van der Waals surface area contributed by atoms with Crippen LogP contribution < -0.4 is 0 Å². The first-order valence-electron chi connectivity index (χ1n) is 14.6. The van der Waals surface area contributed by atoms with Crippen LogP contribution in [-0.2, 0) is 9.47 Å². The molecule has 4 aliphatic rings. The van der Waals surface area contributed by atoms with E-state index in [1.54, 1.807) is 5.57 Å². The van der Waals surface area contributed by atoms with E-state index < -0.39 is 0 Å². The second kappa shape index (κ2) is 10.3. The second-order valence-electron chi connectivity index (χ2n) is 13.7. The van der Waals surface area contributed by atoms with Gasteiger partial charge in [0, 0.05) is 0 Å². The van der Waals surface area contributed by atoms with E-state index in [0.29, 0.717) is 23.7 Å². The molecule has 0 aromatic rings. The van der Waals surface area contributed by atoms with Crippen molar-refractivity contribution >= 4 is 0 Å². The molecule has 0 aromatic heterocycles. The monoisotopic (exact) mass is 458 g/mol. The Labute approximate surface area is 205 Å². The Balaban J connectivity index is 1.41. The van der Waals surface area contributed by atoms with Crippen molar-refractivity contribution in [3.05, 3.63) is 11.6 Å². The van der Waals surface area contributed by atoms with Crippen LogP contribution in [0, 0.1) is 46.3 Å². The quantitative estimate of drug-likeness (QED) is 0.254. The minimum absolute atomic E-state index is 0.248. The molecule has 0 heterocycles. The lowest BCUT2D eigenvalue weighted by atomic mass is 9.47. The lowest BCUT2D eigenvalue weighted by Gasteiger charge is -2.58. The molecule has 0 spiro atoms. The second-order valence-corrected chi connectivity index (χ2v) is 13.7. The number of rotatable bonds is 9. The number of ether oxygens (including phenoxy) is 2. The molecule has 2 heteroatoms. The lowest BCUT2D eigenvalue weighted by Crippen LogP contribution is -2.51. The van der Waals surface area contributed by atoms with Gasteiger partial charge in [0.1, 0.15) is 6.79 Å². The highest BCUT2D eigenvalue weighted by Gasteiger charge is 2.59. The molecule has 4 rings (SSSR count). The minimum Gasteiger partial charge on any atom is -0.353 e. The summed E-state index contributed by atoms with van der Waals surface area (Å²) in [6.07, 6.45) is 18.5. The first-order chi connectivity index (χ1) is 15.6. The summed E-state index contributed by atoms with van der Waals surface area (Å²) in [6, 6.07) is 0. The molecule has 0 amide bonds. The van der Waals surface area contributed by atoms with Gasteiger partial charge in [-0.3, -0.25) is 0 Å². The molecule has 190 valence electrons. The zero-order valence-electron chi connectivity index (χ0n) is 23.0. The standard InChI is InChI=1S/C31H54O2/c1-21(2)9-8-10-23(5)27-13-14-28-26-12-11-24-19-25(33-20-32-22(3)4)15-17-30(24,6)29(26)16-18-31(27,28)7/h11,21-23,25-29H,8-10,12-20H2,1-7H3/t23-,25+,26+,27-,28+,29+,30+,31-/m1/s1. The molecule has 3 fully saturated rings. The first-order valence-corrected chi connectivity index (χ1v) is 14.6. The van der Waals surface area contributed by atoms with Crippen LogP contribution in [0.4, 0.5) is 0 Å². The molecule has 3 saturated carbocycles. The average molecular weight is 459 g/mol. The highest BCUT2D eigenvalue weighted by atomic mass is 16.7. The van der Waals surface area contributed by atoms with Crippen molar-refractivity contribution in [1.29, 1.82) is 0 Å². The molecule has 4 aliphatic carbocycles. The van der Waals surface area contributed by atoms with E-state index >= 15 is 0 Å². The van der Waals surface area contributed by atoms with Crippen molar-refractivity contribution in [2.45, 2.75) is 131 Å². The Hall–Kier alpha value is -0.340. The fourth-order valence-electron chi connectivity index (χ4n) is 9.07. The van der Waals surface area contributed by atoms with Gasteiger partial charge in [0.2, 0.25) is 0 Å². The van der Waals surface area contributed by atoms with E-state index in [1.165, 1.54) is 64.2 Å². The van der Waals surface area contributed by atoms with E-state index in [-0.39, 0.29) is 6.10 Å². The molecule has 8 atom stereocenters. The predicted octanol–water partition coefficient (Wildman–Crippen LogP) is 8.80. The maximum absolute atomic E-state index is 6.13. The minimum atomic E-state index is 0.248. The molecule has 2 nitrogen and oxygen atoms in total. The normalized spacial score (nSPS) is 41.5. The van der Waals surface area contributed by atoms with Crippen LogP contribution >= 0.6 is 0 Å². The lowest BCUT2D eigenvalue weighted by molar-refractivity contribution is -0.124. The summed E-state index contributed by atoms with van der Waals surface area (Å²) in [5, 5.41) is 0. The van der Waals surface area contributed by atoms with Gasteiger partial charge in [0.15, 0.2) is 0 Å². The van der Waals surface area contributed by atoms with Crippen molar-refractivity contribution in [3.63, 3.8) is 0 Å². The van der Waals surface area contributed by atoms with Crippen molar-refractivity contribution in [2.75, 3.05) is 6.79 Å². The molecule has 0 bridgehead atoms. The Morgan fingerprint density at radius 1 is 0.939 bits per heavy atom. The first kappa shape index (κ1) is 25.7. The summed E-state index contributed by atoms with van der Waals surface area (Å²) >= 11 is 0. The smallest absolute Gasteiger partial charge is 0.147 e. The number of allylic oxidation sites excluding steroid dienone is 1. The Kier molecular flexibility index (Phi) is 8.06. The van der Waals surface area contributed by atoms with Crippen LogP contribution in [-0.4, -0.2) is 19.0 Å². The Morgan fingerprint density at radius 2 is 1.73 bits per heavy atom. The summed E-state index contributed by atoms with van der Waals surface area (Å²) in [5.74, 6) is 5.49. The average Bonchev–Trinajstić information content (AvgIpc) is 3.10. The van der Waals surface area contributed by atoms with Crippen molar-refractivity contribution < 1.29 is 9.47 Å². The summed E-state index contributed by atoms with van der Waals surface area (Å²) in [7, 11) is 0. The number of hydrogen-bond donors (Lipinski definition) is 0. The molecule has 33 heavy (non-hydrogen) atoms. The van der Waals surface area contributed by atoms with Gasteiger partial charge in [-0.2, -0.15) is 0 Å². The summed E-state index contributed by atoms with van der Waals surface area (Å²) < 4.78 is 11.8. The Morgan fingerprint density at radius 3 is 2.45 bits per heavy atom. The van der Waals surface area contributed by atoms with Gasteiger partial charge in [-0.15, -0.1) is 0 Å². The largest absolute Gasteiger partial charge is 0.353 e. The third kappa shape index (κ3) is 5.13. The topological polar surface area (TPSA) is 18.5 Å². The van der Waals surface area contributed by atoms with Gasteiger partial charge in [-0.05, 0) is 112 Å². The van der Waals surface area contributed by atoms with Gasteiger partial charge in [0.25, 0.3) is 0 Å². The zero-order chi connectivity index (χ0) is 23.8. The van der Waals surface area contributed by atoms with E-state index in [1.807, 2.05) is 0 Å². The van der Waals surface area contributed by atoms with Crippen LogP contribution in [0.1, 0.15) is 119 Å². The maximum Gasteiger partial charge on any atom is 0.147 e. The van der Waals surface area contributed by atoms with Crippen LogP contribution in [0.3, 0.4) is 0 Å². The van der Waals surface area contributed by atoms with Gasteiger partial charge in [-0.1, -0.05) is 65.5 Å². The van der Waals surface area contributed by atoms with Gasteiger partial charge in [0.05, 0.1) is 12.2 Å². The van der Waals surface area contributed by atoms with Crippen LogP contribution in [0.2, 0.25) is 0 Å². The van der Waals surface area contributed by atoms with E-state index in [4.69, 9.17) is 9.47 Å². The molecular weight excluding hydrogens is 404 g/mol. The highest BCUT2D eigenvalue weighted by molar-refractivity contribution is 5.25. The molecule has 0 aliphatic heterocycles. The van der Waals surface area contributed by atoms with E-state index in [2.05, 4.69) is 54.5 Å². The van der Waals surface area contributed by atoms with E-state index in [0.717, 1.165) is 41.9 Å². The maximum atomic E-state index is 6.13. The number of hydrogen-bond acceptors (Lipinski definition) is 2. The number of fused-ring (bicyclic) bond motifs is 5. The van der Waals surface area contributed by atoms with Gasteiger partial charge in [-0.25, -0.2) is 0 Å². The third-order valence-corrected chi connectivity index (χ3v) is 11.0. The van der Waals surface area contributed by atoms with Crippen LogP contribution in [0.25, 0.3) is 0 Å². The Bertz CT molecular complexity index is 680. The predicted molar refractivity (Wildman–Crippen MR) is 139 cm³/mol. The van der Waals surface area contributed by atoms with Gasteiger partial charge < -0.3 is 9.47 Å². The van der Waals surface area contributed by atoms with Gasteiger partial charge >= 0.3 is 0 Å². The molecule has 0 radical (unpaired) electrons. The molecule has 0 unspecified atom stereocenters. The SMILES string of the molecule is CC(C)CCC[C@@H](C)[C@H]1CC[C@H]2[C@@H]3CC=C4C[C@@H](OCOC(C)C)CC[C@]4(C)[C@H]3CC[C@]12C. The molecule has 0 saturated heterocycles. The zero-order valence-corrected chi connectivity index (χ0v) is 23.0. The fourth-order valence-corrected chi connectivity index (χ4v) is 9.07. The molecular formula is C31H54O2. The third-order valence-electron chi connectivity index (χ3n) is 11.0. The fraction of sp³-hybridized carbons (Fsp3) is 0.935. The van der Waals surface area contributed by atoms with Crippen molar-refractivity contribution in [3.8, 4) is 0 Å². The summed E-state index contributed by atoms with van der Waals surface area (Å²) in [4.78, 5) is 0. The molecule has 0 N–H and O–H groups in total. The van der Waals surface area contributed by atoms with Crippen LogP contribution in [0.15, 0.2) is 11.6 Å². The summed E-state index contributed by atoms with van der Waals surface area (Å²) in [6.45, 7) is 17.3. The van der Waals surface area contributed by atoms with Crippen molar-refractivity contribution in [1.82, 2.24) is 0 Å². The van der Waals surface area contributed by atoms with Crippen molar-refractivity contribution in [2.24, 2.45) is 46.3 Å². The summed E-state index contributed by atoms with van der Waals surface area (Å²) in [5.41, 5.74) is 2.74.